The summed E-state index contributed by atoms with van der Waals surface area (Å²) in [6.07, 6.45) is 0. The average molecular weight is 260 g/mol. The molecule has 2 rings (SSSR count). The fraction of sp³-hybridized carbons (Fsp3) is 0.286. The second-order valence-electron chi connectivity index (χ2n) is 4.25. The van der Waals surface area contributed by atoms with Crippen molar-refractivity contribution in [3.8, 4) is 6.07 Å². The molecule has 92 valence electrons. The van der Waals surface area contributed by atoms with Crippen LogP contribution < -0.4 is 0 Å². The number of alkyl halides is 1. The van der Waals surface area contributed by atoms with Gasteiger partial charge in [-0.3, -0.25) is 4.68 Å². The van der Waals surface area contributed by atoms with E-state index in [-0.39, 0.29) is 0 Å². The predicted molar refractivity (Wildman–Crippen MR) is 71.5 cm³/mol. The first-order chi connectivity index (χ1) is 8.65. The van der Waals surface area contributed by atoms with Crippen LogP contribution in [0.4, 0.5) is 0 Å². The molecule has 0 unspecified atom stereocenters. The summed E-state index contributed by atoms with van der Waals surface area (Å²) in [5.74, 6) is 0.491. The van der Waals surface area contributed by atoms with Crippen molar-refractivity contribution in [2.75, 3.05) is 0 Å². The van der Waals surface area contributed by atoms with Crippen molar-refractivity contribution < 1.29 is 0 Å². The van der Waals surface area contributed by atoms with E-state index in [0.29, 0.717) is 18.0 Å². The van der Waals surface area contributed by atoms with Crippen LogP contribution in [0.1, 0.15) is 28.1 Å². The third-order valence-electron chi connectivity index (χ3n) is 3.08. The molecule has 3 nitrogen and oxygen atoms in total. The maximum atomic E-state index is 8.75. The van der Waals surface area contributed by atoms with Gasteiger partial charge >= 0.3 is 0 Å². The lowest BCUT2D eigenvalue weighted by Gasteiger charge is -2.05. The number of rotatable bonds is 3. The summed E-state index contributed by atoms with van der Waals surface area (Å²) in [4.78, 5) is 0. The number of halogens is 1. The highest BCUT2D eigenvalue weighted by molar-refractivity contribution is 6.17. The Morgan fingerprint density at radius 2 is 1.94 bits per heavy atom. The van der Waals surface area contributed by atoms with Gasteiger partial charge in [0.1, 0.15) is 0 Å². The fourth-order valence-corrected chi connectivity index (χ4v) is 2.33. The Morgan fingerprint density at radius 3 is 2.44 bits per heavy atom. The van der Waals surface area contributed by atoms with Gasteiger partial charge in [-0.05, 0) is 31.5 Å². The summed E-state index contributed by atoms with van der Waals surface area (Å²) < 4.78 is 1.95. The van der Waals surface area contributed by atoms with E-state index >= 15 is 0 Å². The zero-order valence-corrected chi connectivity index (χ0v) is 11.2. The standard InChI is InChI=1S/C14H14ClN3/c1-10-14(7-15)11(2)18(17-10)9-13-5-3-12(8-16)4-6-13/h3-6H,7,9H2,1-2H3. The van der Waals surface area contributed by atoms with Crippen LogP contribution >= 0.6 is 11.6 Å². The van der Waals surface area contributed by atoms with Gasteiger partial charge < -0.3 is 0 Å². The molecule has 0 saturated carbocycles. The second kappa shape index (κ2) is 5.24. The second-order valence-corrected chi connectivity index (χ2v) is 4.52. The van der Waals surface area contributed by atoms with Gasteiger partial charge in [-0.15, -0.1) is 11.6 Å². The van der Waals surface area contributed by atoms with Crippen molar-refractivity contribution in [3.05, 3.63) is 52.3 Å². The van der Waals surface area contributed by atoms with E-state index in [1.54, 1.807) is 0 Å². The highest BCUT2D eigenvalue weighted by Gasteiger charge is 2.10. The monoisotopic (exact) mass is 259 g/mol. The Morgan fingerprint density at radius 1 is 1.28 bits per heavy atom. The molecular weight excluding hydrogens is 246 g/mol. The third kappa shape index (κ3) is 2.39. The summed E-state index contributed by atoms with van der Waals surface area (Å²) in [7, 11) is 0. The van der Waals surface area contributed by atoms with Crippen LogP contribution in [0.2, 0.25) is 0 Å². The Bertz CT molecular complexity index is 591. The highest BCUT2D eigenvalue weighted by Crippen LogP contribution is 2.16. The first-order valence-electron chi connectivity index (χ1n) is 5.73. The smallest absolute Gasteiger partial charge is 0.0991 e. The molecule has 0 amide bonds. The van der Waals surface area contributed by atoms with Crippen LogP contribution in [-0.4, -0.2) is 9.78 Å². The minimum atomic E-state index is 0.491. The van der Waals surface area contributed by atoms with E-state index in [9.17, 15) is 0 Å². The lowest BCUT2D eigenvalue weighted by Crippen LogP contribution is -2.04. The van der Waals surface area contributed by atoms with Crippen LogP contribution in [0.3, 0.4) is 0 Å². The maximum Gasteiger partial charge on any atom is 0.0991 e. The molecule has 1 heterocycles. The van der Waals surface area contributed by atoms with Crippen molar-refractivity contribution in [3.63, 3.8) is 0 Å². The third-order valence-corrected chi connectivity index (χ3v) is 3.35. The molecule has 4 heteroatoms. The van der Waals surface area contributed by atoms with Crippen LogP contribution in [0.25, 0.3) is 0 Å². The van der Waals surface area contributed by atoms with Crippen molar-refractivity contribution in [2.45, 2.75) is 26.3 Å². The molecule has 2 aromatic rings. The number of aromatic nitrogens is 2. The van der Waals surface area contributed by atoms with Gasteiger partial charge in [0, 0.05) is 11.3 Å². The molecule has 0 aliphatic heterocycles. The van der Waals surface area contributed by atoms with Crippen LogP contribution in [0, 0.1) is 25.2 Å². The highest BCUT2D eigenvalue weighted by atomic mass is 35.5. The van der Waals surface area contributed by atoms with E-state index in [4.69, 9.17) is 16.9 Å². The summed E-state index contributed by atoms with van der Waals surface area (Å²) in [5.41, 5.74) is 4.99. The fourth-order valence-electron chi connectivity index (χ4n) is 1.94. The molecule has 1 aromatic carbocycles. The number of hydrogen-bond donors (Lipinski definition) is 0. The molecule has 1 aromatic heterocycles. The van der Waals surface area contributed by atoms with E-state index in [2.05, 4.69) is 11.2 Å². The minimum Gasteiger partial charge on any atom is -0.265 e. The molecule has 0 N–H and O–H groups in total. The van der Waals surface area contributed by atoms with E-state index in [0.717, 1.165) is 22.5 Å². The molecule has 0 aliphatic rings. The van der Waals surface area contributed by atoms with Gasteiger partial charge in [-0.1, -0.05) is 12.1 Å². The number of benzene rings is 1. The first-order valence-corrected chi connectivity index (χ1v) is 6.27. The number of nitrogens with zero attached hydrogens (tertiary/aromatic N) is 3. The predicted octanol–water partition coefficient (Wildman–Crippen LogP) is 3.16. The van der Waals surface area contributed by atoms with E-state index < -0.39 is 0 Å². The molecule has 0 saturated heterocycles. The minimum absolute atomic E-state index is 0.491. The summed E-state index contributed by atoms with van der Waals surface area (Å²) >= 11 is 5.90. The van der Waals surface area contributed by atoms with E-state index in [1.807, 2.05) is 42.8 Å². The number of hydrogen-bond acceptors (Lipinski definition) is 2. The Hall–Kier alpha value is -1.79. The van der Waals surface area contributed by atoms with Gasteiger partial charge in [0.05, 0.1) is 29.8 Å². The van der Waals surface area contributed by atoms with Crippen molar-refractivity contribution >= 4 is 11.6 Å². The Labute approximate surface area is 112 Å². The Balaban J connectivity index is 2.26. The molecule has 18 heavy (non-hydrogen) atoms. The van der Waals surface area contributed by atoms with Gasteiger partial charge in [0.15, 0.2) is 0 Å². The van der Waals surface area contributed by atoms with Crippen molar-refractivity contribution in [2.24, 2.45) is 0 Å². The first kappa shape index (κ1) is 12.7. The van der Waals surface area contributed by atoms with Crippen LogP contribution in [0.5, 0.6) is 0 Å². The summed E-state index contributed by atoms with van der Waals surface area (Å²) in [6, 6.07) is 9.67. The van der Waals surface area contributed by atoms with Crippen molar-refractivity contribution in [1.82, 2.24) is 9.78 Å². The average Bonchev–Trinajstić information content (AvgIpc) is 2.65. The maximum absolute atomic E-state index is 8.75. The lowest BCUT2D eigenvalue weighted by molar-refractivity contribution is 0.658. The molecule has 0 radical (unpaired) electrons. The zero-order valence-electron chi connectivity index (χ0n) is 10.4. The summed E-state index contributed by atoms with van der Waals surface area (Å²) in [6.45, 7) is 4.70. The Kier molecular flexibility index (Phi) is 3.69. The SMILES string of the molecule is Cc1nn(Cc2ccc(C#N)cc2)c(C)c1CCl. The van der Waals surface area contributed by atoms with Gasteiger partial charge in [0.2, 0.25) is 0 Å². The van der Waals surface area contributed by atoms with Crippen LogP contribution in [-0.2, 0) is 12.4 Å². The molecule has 0 bridgehead atoms. The topological polar surface area (TPSA) is 41.6 Å². The lowest BCUT2D eigenvalue weighted by atomic mass is 10.1. The van der Waals surface area contributed by atoms with E-state index in [1.165, 1.54) is 0 Å². The summed E-state index contributed by atoms with van der Waals surface area (Å²) in [5, 5.41) is 13.2. The van der Waals surface area contributed by atoms with Crippen molar-refractivity contribution in [1.29, 1.82) is 5.26 Å². The number of nitriles is 1. The van der Waals surface area contributed by atoms with Gasteiger partial charge in [-0.25, -0.2) is 0 Å². The molecule has 0 spiro atoms. The van der Waals surface area contributed by atoms with Gasteiger partial charge in [-0.2, -0.15) is 10.4 Å². The largest absolute Gasteiger partial charge is 0.265 e. The zero-order chi connectivity index (χ0) is 13.1. The normalized spacial score (nSPS) is 10.3. The molecule has 0 aliphatic carbocycles. The number of aryl methyl sites for hydroxylation is 1. The molecule has 0 atom stereocenters. The molecular formula is C14H14ClN3. The van der Waals surface area contributed by atoms with Crippen LogP contribution in [0.15, 0.2) is 24.3 Å². The molecule has 0 fully saturated rings. The van der Waals surface area contributed by atoms with Gasteiger partial charge in [0.25, 0.3) is 0 Å². The quantitative estimate of drug-likeness (QED) is 0.795.